The number of phosphoric acid groups is 3. The molecule has 0 radical (unpaired) electrons. The molecule has 0 aliphatic carbocycles. The minimum Gasteiger partial charge on any atom is -0.481 e. The quantitative estimate of drug-likeness (QED) is 0.0444. The van der Waals surface area contributed by atoms with E-state index in [1.54, 1.807) is 0 Å². The Labute approximate surface area is 338 Å². The number of nitrogens with one attached hydrogen (secondary N) is 2. The number of phosphoric ester groups is 3. The third-order valence-electron chi connectivity index (χ3n) is 8.31. The molecular weight excluding hydrogens is 879 g/mol. The normalized spacial score (nSPS) is 23.5. The molecule has 2 aromatic heterocycles. The number of nitrogens with zero attached hydrogens (tertiary/aromatic N) is 4. The Balaban J connectivity index is 1.49. The van der Waals surface area contributed by atoms with Crippen LogP contribution in [0.4, 0.5) is 5.82 Å². The van der Waals surface area contributed by atoms with Gasteiger partial charge in [-0.05, 0) is 13.8 Å². The summed E-state index contributed by atoms with van der Waals surface area (Å²) in [5.41, 5.74) is 0.464. The lowest BCUT2D eigenvalue weighted by molar-refractivity contribution is -0.142. The van der Waals surface area contributed by atoms with Gasteiger partial charge in [0.15, 0.2) is 22.3 Å². The maximum Gasteiger partial charge on any atom is 0.481 e. The number of thioether (sulfide) groups is 1. The zero-order valence-electron chi connectivity index (χ0n) is 31.7. The second kappa shape index (κ2) is 19.8. The Hall–Kier alpha value is -3.01. The summed E-state index contributed by atoms with van der Waals surface area (Å²) in [7, 11) is -16.5. The summed E-state index contributed by atoms with van der Waals surface area (Å²) in [6, 6.07) is 0. The van der Waals surface area contributed by atoms with Gasteiger partial charge in [-0.2, -0.15) is 4.31 Å². The number of carbonyl (C=O) groups is 4. The predicted octanol–water partition coefficient (Wildman–Crippen LogP) is -1.55. The zero-order valence-corrected chi connectivity index (χ0v) is 35.2. The number of aromatic nitrogens is 4. The maximum absolute atomic E-state index is 12.7. The fourth-order valence-electron chi connectivity index (χ4n) is 5.36. The van der Waals surface area contributed by atoms with E-state index in [1.165, 1.54) is 27.7 Å². The Kier molecular flexibility index (Phi) is 16.9. The van der Waals surface area contributed by atoms with Crippen molar-refractivity contribution in [2.75, 3.05) is 37.8 Å². The summed E-state index contributed by atoms with van der Waals surface area (Å²) in [6.07, 6.45) is -6.79. The van der Waals surface area contributed by atoms with Crippen LogP contribution in [0.1, 0.15) is 47.0 Å². The van der Waals surface area contributed by atoms with E-state index in [2.05, 4.69) is 29.9 Å². The molecule has 1 fully saturated rings. The van der Waals surface area contributed by atoms with Gasteiger partial charge in [0.2, 0.25) is 11.8 Å². The fraction of sp³-hybridized carbons (Fsp3) is 0.679. The van der Waals surface area contributed by atoms with Gasteiger partial charge in [0.25, 0.3) is 0 Å². The predicted molar refractivity (Wildman–Crippen MR) is 199 cm³/mol. The van der Waals surface area contributed by atoms with Crippen LogP contribution in [0.2, 0.25) is 0 Å². The van der Waals surface area contributed by atoms with Crippen molar-refractivity contribution in [3.05, 3.63) is 12.7 Å². The van der Waals surface area contributed by atoms with Gasteiger partial charge >= 0.3 is 29.4 Å². The molecular formula is C28H46N7O20P3S. The van der Waals surface area contributed by atoms with Crippen LogP contribution in [0, 0.1) is 5.41 Å². The molecule has 1 saturated heterocycles. The third-order valence-corrected chi connectivity index (χ3v) is 12.3. The largest absolute Gasteiger partial charge is 0.481 e. The highest BCUT2D eigenvalue weighted by molar-refractivity contribution is 8.13. The summed E-state index contributed by atoms with van der Waals surface area (Å²) in [5, 5.41) is 44.7. The molecule has 27 nitrogen and oxygen atoms in total. The minimum absolute atomic E-state index is 0.00316. The molecule has 0 saturated carbocycles. The number of fused-ring (bicyclic) bond motifs is 1. The number of anilines is 1. The van der Waals surface area contributed by atoms with E-state index in [0.29, 0.717) is 0 Å². The number of hydrogen-bond acceptors (Lipinski definition) is 20. The number of nitrogens with two attached hydrogens (primary N) is 1. The molecule has 334 valence electrons. The lowest BCUT2D eigenvalue weighted by atomic mass is 9.87. The van der Waals surface area contributed by atoms with Crippen LogP contribution in [0.25, 0.3) is 11.2 Å². The first-order valence-electron chi connectivity index (χ1n) is 17.0. The summed E-state index contributed by atoms with van der Waals surface area (Å²) >= 11 is 0.771. The highest BCUT2D eigenvalue weighted by atomic mass is 32.2. The Morgan fingerprint density at radius 2 is 1.68 bits per heavy atom. The van der Waals surface area contributed by atoms with Crippen molar-refractivity contribution in [1.29, 1.82) is 0 Å². The van der Waals surface area contributed by atoms with Crippen LogP contribution in [0.5, 0.6) is 0 Å². The minimum atomic E-state index is -5.62. The number of aliphatic hydroxyl groups is 3. The average molecular weight is 926 g/mol. The number of aliphatic hydroxyl groups excluding tert-OH is 2. The molecule has 31 heteroatoms. The smallest absolute Gasteiger partial charge is 0.481 e. The summed E-state index contributed by atoms with van der Waals surface area (Å²) < 4.78 is 62.6. The van der Waals surface area contributed by atoms with Crippen LogP contribution in [-0.4, -0.2) is 144 Å². The number of carboxylic acid groups (broad SMARTS) is 1. The number of imidazole rings is 1. The van der Waals surface area contributed by atoms with E-state index in [1.807, 2.05) is 0 Å². The summed E-state index contributed by atoms with van der Waals surface area (Å²) in [6.45, 7) is 2.50. The number of ether oxygens (including phenoxy) is 1. The van der Waals surface area contributed by atoms with Gasteiger partial charge in [-0.3, -0.25) is 37.3 Å². The molecule has 59 heavy (non-hydrogen) atoms. The number of nitrogen functional groups attached to an aromatic ring is 1. The second-order valence-electron chi connectivity index (χ2n) is 14.1. The molecule has 0 spiro atoms. The molecule has 1 aliphatic heterocycles. The van der Waals surface area contributed by atoms with Crippen molar-refractivity contribution in [2.45, 2.75) is 82.7 Å². The van der Waals surface area contributed by atoms with Crippen LogP contribution in [-0.2, 0) is 61.2 Å². The van der Waals surface area contributed by atoms with E-state index in [-0.39, 0.29) is 42.2 Å². The number of carboxylic acids is 1. The van der Waals surface area contributed by atoms with Gasteiger partial charge in [0.1, 0.15) is 36.3 Å². The highest BCUT2D eigenvalue weighted by Gasteiger charge is 2.57. The van der Waals surface area contributed by atoms with Gasteiger partial charge in [0.05, 0.1) is 31.6 Å². The number of hydrogen-bond donors (Lipinski definition) is 11. The maximum atomic E-state index is 12.7. The zero-order chi connectivity index (χ0) is 44.8. The Morgan fingerprint density at radius 3 is 2.31 bits per heavy atom. The van der Waals surface area contributed by atoms with Gasteiger partial charge in [-0.1, -0.05) is 25.6 Å². The van der Waals surface area contributed by atoms with E-state index >= 15 is 0 Å². The van der Waals surface area contributed by atoms with Crippen LogP contribution in [0.3, 0.4) is 0 Å². The van der Waals surface area contributed by atoms with Crippen molar-refractivity contribution in [1.82, 2.24) is 30.2 Å². The number of carbonyl (C=O) groups excluding carboxylic acids is 3. The molecule has 2 aromatic rings. The van der Waals surface area contributed by atoms with E-state index in [0.717, 1.165) is 29.0 Å². The topological polar surface area (TPSA) is 421 Å². The van der Waals surface area contributed by atoms with Crippen molar-refractivity contribution in [2.24, 2.45) is 5.41 Å². The molecule has 3 heterocycles. The number of aliphatic carboxylic acids is 1. The first-order chi connectivity index (χ1) is 27.0. The number of rotatable bonds is 23. The van der Waals surface area contributed by atoms with E-state index in [4.69, 9.17) is 29.1 Å². The van der Waals surface area contributed by atoms with Gasteiger partial charge < -0.3 is 61.1 Å². The van der Waals surface area contributed by atoms with Crippen LogP contribution in [0.15, 0.2) is 12.7 Å². The summed E-state index contributed by atoms with van der Waals surface area (Å²) in [4.78, 5) is 98.7. The van der Waals surface area contributed by atoms with Crippen molar-refractivity contribution in [3.8, 4) is 0 Å². The molecule has 7 unspecified atom stereocenters. The molecule has 0 bridgehead atoms. The Bertz CT molecular complexity index is 2000. The first kappa shape index (κ1) is 50.3. The monoisotopic (exact) mass is 925 g/mol. The first-order valence-corrected chi connectivity index (χ1v) is 22.5. The van der Waals surface area contributed by atoms with Gasteiger partial charge in [-0.25, -0.2) is 28.6 Å². The van der Waals surface area contributed by atoms with Gasteiger partial charge in [0, 0.05) is 37.1 Å². The van der Waals surface area contributed by atoms with Crippen molar-refractivity contribution >= 4 is 75.1 Å². The van der Waals surface area contributed by atoms with Gasteiger partial charge in [-0.15, -0.1) is 0 Å². The average Bonchev–Trinajstić information content (AvgIpc) is 3.63. The summed E-state index contributed by atoms with van der Waals surface area (Å²) in [5.74, 6) is -2.82. The van der Waals surface area contributed by atoms with Crippen molar-refractivity contribution < 1.29 is 95.5 Å². The van der Waals surface area contributed by atoms with E-state index < -0.39 is 114 Å². The lowest BCUT2D eigenvalue weighted by Crippen LogP contribution is -2.46. The van der Waals surface area contributed by atoms with E-state index in [9.17, 15) is 67.8 Å². The standard InChI is InChI=1S/C28H46N7O20P3S/c1-26(2,22(41)25(42)31-6-5-16(36)30-7-8-59-18(39)10-27(3,43)9-17(37)38)12-52-58(49,50)55-57(47,48)51-11-15-20(54-56(44,45)46)21(40)28(4,53-15)35-14-34-19-23(29)32-13-33-24(19)35/h13-15,20-22,40-41,43H,5-12H2,1-4H3,(H,30,36)(H,31,42)(H,37,38)(H,47,48)(H,49,50)(H2,29,32,33)(H2,44,45,46)/t15?,20?,21?,22?,27-,28?/m0/s1. The molecule has 1 aliphatic rings. The molecule has 3 rings (SSSR count). The molecule has 12 N–H and O–H groups in total. The second-order valence-corrected chi connectivity index (χ2v) is 19.5. The van der Waals surface area contributed by atoms with Crippen molar-refractivity contribution in [3.63, 3.8) is 0 Å². The molecule has 8 atom stereocenters. The van der Waals surface area contributed by atoms with Crippen LogP contribution < -0.4 is 16.4 Å². The van der Waals surface area contributed by atoms with Crippen LogP contribution >= 0.6 is 35.2 Å². The lowest BCUT2D eigenvalue weighted by Gasteiger charge is -2.30. The molecule has 0 aromatic carbocycles. The third kappa shape index (κ3) is 14.8. The highest BCUT2D eigenvalue weighted by Crippen LogP contribution is 2.61. The Morgan fingerprint density at radius 1 is 1.03 bits per heavy atom. The fourth-order valence-corrected chi connectivity index (χ4v) is 9.02. The SMILES string of the molecule is CC(C)(COP(=O)(O)OP(=O)(O)OCC1OC(C)(n2cnc3c(N)ncnc32)C(O)C1OP(=O)(O)O)C(O)C(=O)NCCC(=O)NCCSC(=O)C[C@@](C)(O)CC(=O)O. The molecule has 2 amide bonds. The number of amides is 2.